The number of hydrogen-bond acceptors (Lipinski definition) is 3. The fraction of sp³-hybridized carbons (Fsp3) is 0.364. The molecule has 0 unspecified atom stereocenters. The summed E-state index contributed by atoms with van der Waals surface area (Å²) in [6.07, 6.45) is 8.34. The van der Waals surface area contributed by atoms with Crippen LogP contribution in [0.2, 0.25) is 5.02 Å². The molecule has 2 aromatic rings. The molecule has 0 atom stereocenters. The third-order valence-corrected chi connectivity index (χ3v) is 5.40. The van der Waals surface area contributed by atoms with Gasteiger partial charge in [0, 0.05) is 62.1 Å². The van der Waals surface area contributed by atoms with Crippen LogP contribution in [-0.2, 0) is 11.2 Å². The minimum absolute atomic E-state index is 0.0527. The molecule has 1 aliphatic heterocycles. The molecule has 0 spiro atoms. The highest BCUT2D eigenvalue weighted by Crippen LogP contribution is 2.17. The fourth-order valence-corrected chi connectivity index (χ4v) is 3.51. The van der Waals surface area contributed by atoms with E-state index in [4.69, 9.17) is 11.6 Å². The number of hydrogen-bond donors (Lipinski definition) is 0. The maximum Gasteiger partial charge on any atom is 0.246 e. The van der Waals surface area contributed by atoms with Gasteiger partial charge in [-0.1, -0.05) is 29.8 Å². The van der Waals surface area contributed by atoms with Crippen molar-refractivity contribution in [3.05, 3.63) is 71.0 Å². The maximum atomic E-state index is 12.5. The summed E-state index contributed by atoms with van der Waals surface area (Å²) >= 11 is 5.89. The van der Waals surface area contributed by atoms with Crippen LogP contribution < -0.4 is 0 Å². The molecule has 27 heavy (non-hydrogen) atoms. The number of aromatic nitrogens is 1. The predicted molar refractivity (Wildman–Crippen MR) is 111 cm³/mol. The van der Waals surface area contributed by atoms with Crippen LogP contribution in [-0.4, -0.2) is 53.4 Å². The van der Waals surface area contributed by atoms with Gasteiger partial charge in [0.15, 0.2) is 0 Å². The Bertz CT molecular complexity index is 753. The van der Waals surface area contributed by atoms with Gasteiger partial charge in [-0.25, -0.2) is 0 Å². The summed E-state index contributed by atoms with van der Waals surface area (Å²) in [4.78, 5) is 21.2. The predicted octanol–water partition coefficient (Wildman–Crippen LogP) is 3.91. The second-order valence-electron chi connectivity index (χ2n) is 6.98. The van der Waals surface area contributed by atoms with E-state index in [9.17, 15) is 4.79 Å². The van der Waals surface area contributed by atoms with E-state index in [1.54, 1.807) is 6.08 Å². The molecule has 1 amide bonds. The van der Waals surface area contributed by atoms with Gasteiger partial charge in [-0.05, 0) is 48.7 Å². The lowest BCUT2D eigenvalue weighted by molar-refractivity contribution is -0.127. The molecule has 0 N–H and O–H groups in total. The van der Waals surface area contributed by atoms with Crippen molar-refractivity contribution in [3.8, 4) is 0 Å². The molecule has 0 radical (unpaired) electrons. The van der Waals surface area contributed by atoms with E-state index in [0.29, 0.717) is 11.1 Å². The highest BCUT2D eigenvalue weighted by Gasteiger charge is 2.24. The number of rotatable bonds is 6. The molecule has 142 valence electrons. The highest BCUT2D eigenvalue weighted by molar-refractivity contribution is 6.30. The number of amides is 1. The van der Waals surface area contributed by atoms with Crippen molar-refractivity contribution in [2.24, 2.45) is 0 Å². The van der Waals surface area contributed by atoms with Crippen LogP contribution in [0.15, 0.2) is 54.7 Å². The zero-order chi connectivity index (χ0) is 19.1. The molecule has 1 fully saturated rings. The van der Waals surface area contributed by atoms with Crippen molar-refractivity contribution in [3.63, 3.8) is 0 Å². The molecule has 2 heterocycles. The number of likely N-dealkylation sites (tertiary alicyclic amines) is 1. The third kappa shape index (κ3) is 5.91. The van der Waals surface area contributed by atoms with E-state index >= 15 is 0 Å². The number of likely N-dealkylation sites (N-methyl/N-ethyl adjacent to an activating group) is 1. The molecule has 1 aromatic heterocycles. The average molecular weight is 384 g/mol. The first-order valence-electron chi connectivity index (χ1n) is 9.44. The molecule has 0 saturated carbocycles. The number of piperidine rings is 1. The van der Waals surface area contributed by atoms with Crippen molar-refractivity contribution in [1.82, 2.24) is 14.8 Å². The second-order valence-corrected chi connectivity index (χ2v) is 7.41. The molecular formula is C22H26ClN3O. The van der Waals surface area contributed by atoms with E-state index in [2.05, 4.69) is 16.0 Å². The number of pyridine rings is 1. The van der Waals surface area contributed by atoms with E-state index in [0.717, 1.165) is 50.2 Å². The van der Waals surface area contributed by atoms with Crippen LogP contribution in [0.5, 0.6) is 0 Å². The molecule has 0 aliphatic carbocycles. The fourth-order valence-electron chi connectivity index (χ4n) is 3.39. The Kier molecular flexibility index (Phi) is 7.02. The molecule has 1 aliphatic rings. The van der Waals surface area contributed by atoms with E-state index in [-0.39, 0.29) is 5.91 Å². The van der Waals surface area contributed by atoms with Gasteiger partial charge in [0.2, 0.25) is 5.91 Å². The van der Waals surface area contributed by atoms with Gasteiger partial charge in [0.05, 0.1) is 0 Å². The first-order valence-corrected chi connectivity index (χ1v) is 9.82. The van der Waals surface area contributed by atoms with Crippen molar-refractivity contribution >= 4 is 23.6 Å². The standard InChI is InChI=1S/C22H26ClN3O/c1-25(22(27)10-7-18-5-8-19(23)9-6-18)21-12-16-26(17-13-21)15-11-20-4-2-3-14-24-20/h2-10,14,21H,11-13,15-17H2,1H3. The minimum Gasteiger partial charge on any atom is -0.339 e. The highest BCUT2D eigenvalue weighted by atomic mass is 35.5. The zero-order valence-corrected chi connectivity index (χ0v) is 16.5. The summed E-state index contributed by atoms with van der Waals surface area (Å²) in [7, 11) is 1.91. The number of carbonyl (C=O) groups excluding carboxylic acids is 1. The van der Waals surface area contributed by atoms with Crippen molar-refractivity contribution in [1.29, 1.82) is 0 Å². The van der Waals surface area contributed by atoms with Gasteiger partial charge in [0.1, 0.15) is 0 Å². The Labute approximate surface area is 166 Å². The summed E-state index contributed by atoms with van der Waals surface area (Å²) in [5.74, 6) is 0.0527. The van der Waals surface area contributed by atoms with Crippen LogP contribution in [0, 0.1) is 0 Å². The molecule has 1 saturated heterocycles. The quantitative estimate of drug-likeness (QED) is 0.709. The van der Waals surface area contributed by atoms with Gasteiger partial charge in [-0.2, -0.15) is 0 Å². The topological polar surface area (TPSA) is 36.4 Å². The van der Waals surface area contributed by atoms with Crippen LogP contribution in [0.4, 0.5) is 0 Å². The van der Waals surface area contributed by atoms with Crippen molar-refractivity contribution in [2.45, 2.75) is 25.3 Å². The SMILES string of the molecule is CN(C(=O)C=Cc1ccc(Cl)cc1)C1CCN(CCc2ccccn2)CC1. The van der Waals surface area contributed by atoms with Crippen LogP contribution in [0.1, 0.15) is 24.1 Å². The van der Waals surface area contributed by atoms with Gasteiger partial charge in [0.25, 0.3) is 0 Å². The Balaban J connectivity index is 1.44. The van der Waals surface area contributed by atoms with E-state index < -0.39 is 0 Å². The first kappa shape index (κ1) is 19.6. The second kappa shape index (κ2) is 9.67. The Hall–Kier alpha value is -2.17. The summed E-state index contributed by atoms with van der Waals surface area (Å²) in [6.45, 7) is 3.07. The number of nitrogens with zero attached hydrogens (tertiary/aromatic N) is 3. The Morgan fingerprint density at radius 3 is 2.63 bits per heavy atom. The molecule has 3 rings (SSSR count). The summed E-state index contributed by atoms with van der Waals surface area (Å²) in [5.41, 5.74) is 2.12. The molecule has 1 aromatic carbocycles. The number of halogens is 1. The lowest BCUT2D eigenvalue weighted by Gasteiger charge is -2.36. The Morgan fingerprint density at radius 2 is 1.96 bits per heavy atom. The van der Waals surface area contributed by atoms with Gasteiger partial charge < -0.3 is 9.80 Å². The molecule has 0 bridgehead atoms. The smallest absolute Gasteiger partial charge is 0.246 e. The summed E-state index contributed by atoms with van der Waals surface area (Å²) in [6, 6.07) is 13.8. The zero-order valence-electron chi connectivity index (χ0n) is 15.7. The summed E-state index contributed by atoms with van der Waals surface area (Å²) in [5, 5.41) is 0.699. The van der Waals surface area contributed by atoms with E-state index in [1.165, 1.54) is 0 Å². The summed E-state index contributed by atoms with van der Waals surface area (Å²) < 4.78 is 0. The Morgan fingerprint density at radius 1 is 1.22 bits per heavy atom. The normalized spacial score (nSPS) is 15.9. The van der Waals surface area contributed by atoms with Crippen LogP contribution in [0.25, 0.3) is 6.08 Å². The third-order valence-electron chi connectivity index (χ3n) is 5.15. The molecular weight excluding hydrogens is 358 g/mol. The first-order chi connectivity index (χ1) is 13.1. The van der Waals surface area contributed by atoms with Crippen molar-refractivity contribution < 1.29 is 4.79 Å². The molecule has 5 heteroatoms. The lowest BCUT2D eigenvalue weighted by atomic mass is 10.0. The van der Waals surface area contributed by atoms with E-state index in [1.807, 2.05) is 60.6 Å². The number of carbonyl (C=O) groups is 1. The van der Waals surface area contributed by atoms with Gasteiger partial charge in [-0.3, -0.25) is 9.78 Å². The minimum atomic E-state index is 0.0527. The van der Waals surface area contributed by atoms with Crippen LogP contribution in [0.3, 0.4) is 0 Å². The molecule has 4 nitrogen and oxygen atoms in total. The maximum absolute atomic E-state index is 12.5. The van der Waals surface area contributed by atoms with Crippen LogP contribution >= 0.6 is 11.6 Å². The van der Waals surface area contributed by atoms with Crippen molar-refractivity contribution in [2.75, 3.05) is 26.7 Å². The average Bonchev–Trinajstić information content (AvgIpc) is 2.72. The van der Waals surface area contributed by atoms with Gasteiger partial charge >= 0.3 is 0 Å². The largest absolute Gasteiger partial charge is 0.339 e. The monoisotopic (exact) mass is 383 g/mol. The van der Waals surface area contributed by atoms with Gasteiger partial charge in [-0.15, -0.1) is 0 Å². The number of benzene rings is 1. The lowest BCUT2D eigenvalue weighted by Crippen LogP contribution is -2.45.